The van der Waals surface area contributed by atoms with E-state index in [9.17, 15) is 14.4 Å². The maximum Gasteiger partial charge on any atom is 0.355 e. The normalized spacial score (nSPS) is 20.4. The summed E-state index contributed by atoms with van der Waals surface area (Å²) in [7, 11) is 0. The molecule has 2 N–H and O–H groups in total. The van der Waals surface area contributed by atoms with Gasteiger partial charge in [0.15, 0.2) is 0 Å². The molecule has 2 atom stereocenters. The number of nitrogens with one attached hydrogen (secondary N) is 2. The van der Waals surface area contributed by atoms with Gasteiger partial charge >= 0.3 is 11.9 Å². The SMILES string of the molecule is CC(=O)OCC1=C(C(=O)OC(C)(C)C)N2C(=O)C(Nc3ncc(CN=[N+]=[N-])[nH]3)[C@@H]2SC1. The zero-order valence-corrected chi connectivity index (χ0v) is 18.4. The monoisotopic (exact) mass is 449 g/mol. The van der Waals surface area contributed by atoms with Gasteiger partial charge in [-0.1, -0.05) is 5.11 Å². The van der Waals surface area contributed by atoms with Gasteiger partial charge in [-0.25, -0.2) is 9.78 Å². The van der Waals surface area contributed by atoms with Gasteiger partial charge in [0.05, 0.1) is 12.7 Å². The van der Waals surface area contributed by atoms with E-state index in [-0.39, 0.29) is 30.1 Å². The Morgan fingerprint density at radius 2 is 2.23 bits per heavy atom. The number of ether oxygens (including phenoxy) is 2. The van der Waals surface area contributed by atoms with E-state index in [4.69, 9.17) is 15.0 Å². The van der Waals surface area contributed by atoms with E-state index in [1.807, 2.05) is 0 Å². The van der Waals surface area contributed by atoms with Crippen LogP contribution in [0.4, 0.5) is 5.95 Å². The highest BCUT2D eigenvalue weighted by Gasteiger charge is 2.54. The molecular formula is C18H23N7O5S. The molecule has 12 nitrogen and oxygen atoms in total. The topological polar surface area (TPSA) is 162 Å². The lowest BCUT2D eigenvalue weighted by molar-refractivity contribution is -0.157. The highest BCUT2D eigenvalue weighted by Crippen LogP contribution is 2.42. The first-order valence-corrected chi connectivity index (χ1v) is 10.5. The largest absolute Gasteiger partial charge is 0.461 e. The summed E-state index contributed by atoms with van der Waals surface area (Å²) in [5.74, 6) is -0.690. The van der Waals surface area contributed by atoms with Gasteiger partial charge < -0.3 is 19.8 Å². The van der Waals surface area contributed by atoms with Crippen LogP contribution >= 0.6 is 11.8 Å². The third-order valence-corrected chi connectivity index (χ3v) is 5.65. The molecule has 1 amide bonds. The van der Waals surface area contributed by atoms with E-state index in [1.54, 1.807) is 20.8 Å². The number of carbonyl (C=O) groups excluding carboxylic acids is 3. The number of imidazole rings is 1. The number of rotatable bonds is 7. The summed E-state index contributed by atoms with van der Waals surface area (Å²) in [6.07, 6.45) is 1.51. The number of carbonyl (C=O) groups is 3. The Morgan fingerprint density at radius 1 is 1.48 bits per heavy atom. The molecule has 31 heavy (non-hydrogen) atoms. The van der Waals surface area contributed by atoms with Crippen LogP contribution in [-0.4, -0.2) is 62.1 Å². The number of esters is 2. The van der Waals surface area contributed by atoms with Crippen molar-refractivity contribution >= 4 is 35.6 Å². The Labute approximate surface area is 182 Å². The average molecular weight is 449 g/mol. The third-order valence-electron chi connectivity index (χ3n) is 4.31. The van der Waals surface area contributed by atoms with Crippen LogP contribution in [0.2, 0.25) is 0 Å². The highest BCUT2D eigenvalue weighted by atomic mass is 32.2. The average Bonchev–Trinajstić information content (AvgIpc) is 3.14. The maximum atomic E-state index is 12.9. The minimum absolute atomic E-state index is 0.0908. The van der Waals surface area contributed by atoms with E-state index in [0.29, 0.717) is 23.0 Å². The molecule has 2 aliphatic heterocycles. The van der Waals surface area contributed by atoms with Crippen LogP contribution in [0.15, 0.2) is 22.6 Å². The van der Waals surface area contributed by atoms with Crippen molar-refractivity contribution in [1.82, 2.24) is 14.9 Å². The van der Waals surface area contributed by atoms with Gasteiger partial charge in [0.25, 0.3) is 5.91 Å². The molecule has 13 heteroatoms. The highest BCUT2D eigenvalue weighted by molar-refractivity contribution is 8.00. The van der Waals surface area contributed by atoms with Crippen molar-refractivity contribution in [2.75, 3.05) is 17.7 Å². The number of H-pyrrole nitrogens is 1. The summed E-state index contributed by atoms with van der Waals surface area (Å²) in [6, 6.07) is -0.615. The lowest BCUT2D eigenvalue weighted by Crippen LogP contribution is -2.68. The Bertz CT molecular complexity index is 976. The van der Waals surface area contributed by atoms with Crippen LogP contribution in [0.5, 0.6) is 0 Å². The van der Waals surface area contributed by atoms with Crippen LogP contribution in [0.3, 0.4) is 0 Å². The number of aromatic amines is 1. The standard InChI is InChI=1S/C18H23N7O5S/c1-9(26)29-7-10-8-31-15-12(23-17-20-5-11(22-17)6-21-24-19)14(27)25(15)13(10)16(28)30-18(2,3)4/h5,12,15H,6-8H2,1-4H3,(H2,20,22,23)/t12?,15-/m0/s1. The van der Waals surface area contributed by atoms with Gasteiger partial charge in [-0.15, -0.1) is 11.8 Å². The molecule has 1 unspecified atom stereocenters. The number of fused-ring (bicyclic) bond motifs is 1. The Hall–Kier alpha value is -3.18. The number of hydrogen-bond donors (Lipinski definition) is 2. The molecule has 1 saturated heterocycles. The summed E-state index contributed by atoms with van der Waals surface area (Å²) >= 11 is 1.44. The van der Waals surface area contributed by atoms with Crippen molar-refractivity contribution in [2.24, 2.45) is 5.11 Å². The molecule has 1 aromatic heterocycles. The summed E-state index contributed by atoms with van der Waals surface area (Å²) in [5, 5.41) is 6.12. The smallest absolute Gasteiger partial charge is 0.355 e. The van der Waals surface area contributed by atoms with Gasteiger partial charge in [-0.2, -0.15) is 0 Å². The second kappa shape index (κ2) is 8.90. The molecule has 166 valence electrons. The van der Waals surface area contributed by atoms with E-state index in [1.165, 1.54) is 29.8 Å². The molecule has 0 spiro atoms. The predicted molar refractivity (Wildman–Crippen MR) is 111 cm³/mol. The van der Waals surface area contributed by atoms with Gasteiger partial charge in [-0.3, -0.25) is 14.5 Å². The first-order valence-electron chi connectivity index (χ1n) is 9.45. The number of β-lactam (4-membered cyclic amide) rings is 1. The van der Waals surface area contributed by atoms with Crippen molar-refractivity contribution in [3.05, 3.63) is 33.6 Å². The second-order valence-electron chi connectivity index (χ2n) is 7.91. The molecule has 0 saturated carbocycles. The Balaban J connectivity index is 1.79. The first-order chi connectivity index (χ1) is 14.6. The minimum Gasteiger partial charge on any atom is -0.461 e. The number of hydrogen-bond acceptors (Lipinski definition) is 9. The van der Waals surface area contributed by atoms with Crippen LogP contribution in [0.25, 0.3) is 10.4 Å². The van der Waals surface area contributed by atoms with Crippen molar-refractivity contribution in [1.29, 1.82) is 0 Å². The molecular weight excluding hydrogens is 426 g/mol. The predicted octanol–water partition coefficient (Wildman–Crippen LogP) is 2.07. The number of azide groups is 1. The van der Waals surface area contributed by atoms with Gasteiger partial charge in [0, 0.05) is 28.9 Å². The Kier molecular flexibility index (Phi) is 6.46. The van der Waals surface area contributed by atoms with Gasteiger partial charge in [0.2, 0.25) is 5.95 Å². The van der Waals surface area contributed by atoms with E-state index in [2.05, 4.69) is 25.3 Å². The van der Waals surface area contributed by atoms with Crippen molar-refractivity contribution in [3.63, 3.8) is 0 Å². The molecule has 1 fully saturated rings. The van der Waals surface area contributed by atoms with Gasteiger partial charge in [-0.05, 0) is 26.3 Å². The number of anilines is 1. The fourth-order valence-corrected chi connectivity index (χ4v) is 4.39. The van der Waals surface area contributed by atoms with E-state index in [0.717, 1.165) is 0 Å². The zero-order chi connectivity index (χ0) is 22.8. The molecule has 1 aromatic rings. The summed E-state index contributed by atoms with van der Waals surface area (Å²) < 4.78 is 10.6. The van der Waals surface area contributed by atoms with Gasteiger partial charge in [0.1, 0.15) is 29.3 Å². The van der Waals surface area contributed by atoms with Crippen molar-refractivity contribution < 1.29 is 23.9 Å². The number of aromatic nitrogens is 2. The molecule has 0 aromatic carbocycles. The lowest BCUT2D eigenvalue weighted by atomic mass is 10.0. The van der Waals surface area contributed by atoms with E-state index >= 15 is 0 Å². The molecule has 3 rings (SSSR count). The number of nitrogens with zero attached hydrogens (tertiary/aromatic N) is 5. The zero-order valence-electron chi connectivity index (χ0n) is 17.5. The quantitative estimate of drug-likeness (QED) is 0.210. The summed E-state index contributed by atoms with van der Waals surface area (Å²) in [6.45, 7) is 6.50. The number of thioether (sulfide) groups is 1. The van der Waals surface area contributed by atoms with Crippen LogP contribution in [0.1, 0.15) is 33.4 Å². The molecule has 3 heterocycles. The molecule has 2 aliphatic rings. The summed E-state index contributed by atoms with van der Waals surface area (Å²) in [5.41, 5.74) is 8.89. The maximum absolute atomic E-state index is 12.9. The fraction of sp³-hybridized carbons (Fsp3) is 0.556. The van der Waals surface area contributed by atoms with Crippen molar-refractivity contribution in [3.8, 4) is 0 Å². The fourth-order valence-electron chi connectivity index (χ4n) is 3.07. The molecule has 0 bridgehead atoms. The first kappa shape index (κ1) is 22.5. The lowest BCUT2D eigenvalue weighted by Gasteiger charge is -2.49. The van der Waals surface area contributed by atoms with Crippen LogP contribution in [-0.2, 0) is 30.4 Å². The van der Waals surface area contributed by atoms with Crippen molar-refractivity contribution in [2.45, 2.75) is 51.3 Å². The minimum atomic E-state index is -0.751. The third kappa shape index (κ3) is 5.12. The molecule has 0 radical (unpaired) electrons. The number of amides is 1. The molecule has 0 aliphatic carbocycles. The second-order valence-corrected chi connectivity index (χ2v) is 9.02. The summed E-state index contributed by atoms with van der Waals surface area (Å²) in [4.78, 5) is 48.2. The van der Waals surface area contributed by atoms with E-state index < -0.39 is 23.6 Å². The van der Waals surface area contributed by atoms with Crippen LogP contribution < -0.4 is 5.32 Å². The Morgan fingerprint density at radius 3 is 2.87 bits per heavy atom. The van der Waals surface area contributed by atoms with Crippen LogP contribution in [0, 0.1) is 0 Å².